The van der Waals surface area contributed by atoms with Crippen LogP contribution in [0.3, 0.4) is 0 Å². The highest BCUT2D eigenvalue weighted by Crippen LogP contribution is 2.24. The van der Waals surface area contributed by atoms with Gasteiger partial charge in [-0.25, -0.2) is 4.79 Å². The maximum atomic E-state index is 12.4. The number of carbonyl (C=O) groups is 1. The average molecular weight is 341 g/mol. The third-order valence-corrected chi connectivity index (χ3v) is 4.10. The average Bonchev–Trinajstić information content (AvgIpc) is 2.60. The highest BCUT2D eigenvalue weighted by Gasteiger charge is 2.27. The van der Waals surface area contributed by atoms with Gasteiger partial charge >= 0.3 is 5.97 Å². The number of hydrogen-bond acceptors (Lipinski definition) is 4. The van der Waals surface area contributed by atoms with Gasteiger partial charge in [-0.2, -0.15) is 0 Å². The summed E-state index contributed by atoms with van der Waals surface area (Å²) in [5.41, 5.74) is 3.08. The number of nitrogens with one attached hydrogen (secondary N) is 1. The van der Waals surface area contributed by atoms with E-state index in [0.717, 1.165) is 22.6 Å². The fraction of sp³-hybridized carbons (Fsp3) is 0.381. The molecule has 0 amide bonds. The lowest BCUT2D eigenvalue weighted by atomic mass is 10.0. The normalized spacial score (nSPS) is 13.0. The van der Waals surface area contributed by atoms with Crippen LogP contribution in [0, 0.1) is 19.8 Å². The molecule has 25 heavy (non-hydrogen) atoms. The Kier molecular flexibility index (Phi) is 6.87. The van der Waals surface area contributed by atoms with Crippen LogP contribution in [0.5, 0.6) is 5.75 Å². The molecule has 0 radical (unpaired) electrons. The quantitative estimate of drug-likeness (QED) is 0.725. The molecule has 0 aliphatic rings. The molecular weight excluding hydrogens is 314 g/mol. The molecule has 0 spiro atoms. The highest BCUT2D eigenvalue weighted by atomic mass is 16.5. The zero-order valence-electron chi connectivity index (χ0n) is 15.4. The fourth-order valence-corrected chi connectivity index (χ4v) is 2.72. The van der Waals surface area contributed by atoms with Gasteiger partial charge in [0.15, 0.2) is 0 Å². The van der Waals surface area contributed by atoms with Gasteiger partial charge in [0.05, 0.1) is 13.2 Å². The van der Waals surface area contributed by atoms with Crippen molar-refractivity contribution < 1.29 is 14.3 Å². The van der Waals surface area contributed by atoms with Crippen LogP contribution in [0.4, 0.5) is 5.69 Å². The SMILES string of the molecule is CCOC(=O)C(Nc1ccccc1)C(C)COc1c(C)cccc1C. The molecule has 4 heteroatoms. The summed E-state index contributed by atoms with van der Waals surface area (Å²) in [6.07, 6.45) is 0. The number of para-hydroxylation sites is 2. The molecule has 2 rings (SSSR count). The number of carbonyl (C=O) groups excluding carboxylic acids is 1. The van der Waals surface area contributed by atoms with Crippen molar-refractivity contribution in [2.75, 3.05) is 18.5 Å². The zero-order valence-corrected chi connectivity index (χ0v) is 15.4. The van der Waals surface area contributed by atoms with E-state index in [9.17, 15) is 4.79 Å². The van der Waals surface area contributed by atoms with Gasteiger partial charge in [0.2, 0.25) is 0 Å². The summed E-state index contributed by atoms with van der Waals surface area (Å²) in [5, 5.41) is 3.27. The summed E-state index contributed by atoms with van der Waals surface area (Å²) < 4.78 is 11.3. The molecule has 0 bridgehead atoms. The molecule has 0 saturated heterocycles. The van der Waals surface area contributed by atoms with Crippen LogP contribution in [-0.2, 0) is 9.53 Å². The van der Waals surface area contributed by atoms with E-state index >= 15 is 0 Å². The summed E-state index contributed by atoms with van der Waals surface area (Å²) >= 11 is 0. The standard InChI is InChI=1S/C21H27NO3/c1-5-24-21(23)19(22-18-12-7-6-8-13-18)17(4)14-25-20-15(2)10-9-11-16(20)3/h6-13,17,19,22H,5,14H2,1-4H3. The maximum absolute atomic E-state index is 12.4. The van der Waals surface area contributed by atoms with Crippen LogP contribution in [0.2, 0.25) is 0 Å². The Morgan fingerprint density at radius 2 is 1.68 bits per heavy atom. The Labute approximate surface area is 150 Å². The van der Waals surface area contributed by atoms with Crippen molar-refractivity contribution in [3.05, 3.63) is 59.7 Å². The van der Waals surface area contributed by atoms with E-state index < -0.39 is 6.04 Å². The van der Waals surface area contributed by atoms with Crippen molar-refractivity contribution in [1.82, 2.24) is 0 Å². The van der Waals surface area contributed by atoms with Gasteiger partial charge in [-0.1, -0.05) is 43.3 Å². The number of esters is 1. The second-order valence-corrected chi connectivity index (χ2v) is 6.25. The largest absolute Gasteiger partial charge is 0.493 e. The van der Waals surface area contributed by atoms with Gasteiger partial charge in [-0.3, -0.25) is 0 Å². The Morgan fingerprint density at radius 1 is 1.04 bits per heavy atom. The van der Waals surface area contributed by atoms with E-state index in [1.54, 1.807) is 0 Å². The number of rotatable bonds is 8. The minimum absolute atomic E-state index is 0.0572. The Hall–Kier alpha value is -2.49. The predicted molar refractivity (Wildman–Crippen MR) is 101 cm³/mol. The summed E-state index contributed by atoms with van der Waals surface area (Å²) in [5.74, 6) is 0.568. The van der Waals surface area contributed by atoms with Crippen molar-refractivity contribution in [1.29, 1.82) is 0 Å². The smallest absolute Gasteiger partial charge is 0.328 e. The van der Waals surface area contributed by atoms with Crippen molar-refractivity contribution in [2.24, 2.45) is 5.92 Å². The molecule has 0 heterocycles. The molecule has 2 atom stereocenters. The van der Waals surface area contributed by atoms with E-state index in [-0.39, 0.29) is 11.9 Å². The van der Waals surface area contributed by atoms with Crippen molar-refractivity contribution >= 4 is 11.7 Å². The second-order valence-electron chi connectivity index (χ2n) is 6.25. The van der Waals surface area contributed by atoms with E-state index in [1.807, 2.05) is 76.2 Å². The number of aryl methyl sites for hydroxylation is 2. The molecule has 0 fully saturated rings. The fourth-order valence-electron chi connectivity index (χ4n) is 2.72. The van der Waals surface area contributed by atoms with Crippen LogP contribution in [-0.4, -0.2) is 25.2 Å². The molecule has 2 aromatic carbocycles. The first-order valence-electron chi connectivity index (χ1n) is 8.70. The monoisotopic (exact) mass is 341 g/mol. The van der Waals surface area contributed by atoms with E-state index in [4.69, 9.17) is 9.47 Å². The summed E-state index contributed by atoms with van der Waals surface area (Å²) in [6.45, 7) is 8.64. The van der Waals surface area contributed by atoms with Crippen LogP contribution in [0.25, 0.3) is 0 Å². The first-order valence-corrected chi connectivity index (χ1v) is 8.70. The summed E-state index contributed by atoms with van der Waals surface area (Å²) in [6, 6.07) is 15.3. The number of hydrogen-bond donors (Lipinski definition) is 1. The number of ether oxygens (including phenoxy) is 2. The summed E-state index contributed by atoms with van der Waals surface area (Å²) in [4.78, 5) is 12.4. The van der Waals surface area contributed by atoms with Crippen molar-refractivity contribution in [2.45, 2.75) is 33.7 Å². The number of anilines is 1. The number of benzene rings is 2. The first kappa shape index (κ1) is 18.8. The van der Waals surface area contributed by atoms with Gasteiger partial charge < -0.3 is 14.8 Å². The van der Waals surface area contributed by atoms with Gasteiger partial charge in [-0.15, -0.1) is 0 Å². The molecule has 2 aromatic rings. The lowest BCUT2D eigenvalue weighted by Crippen LogP contribution is -2.39. The maximum Gasteiger partial charge on any atom is 0.328 e. The Bertz CT molecular complexity index is 665. The van der Waals surface area contributed by atoms with Crippen molar-refractivity contribution in [3.8, 4) is 5.75 Å². The molecule has 0 saturated carbocycles. The topological polar surface area (TPSA) is 47.6 Å². The molecule has 0 aromatic heterocycles. The van der Waals surface area contributed by atoms with E-state index in [0.29, 0.717) is 13.2 Å². The van der Waals surface area contributed by atoms with Crippen LogP contribution >= 0.6 is 0 Å². The van der Waals surface area contributed by atoms with E-state index in [2.05, 4.69) is 5.32 Å². The second kappa shape index (κ2) is 9.11. The minimum Gasteiger partial charge on any atom is -0.493 e. The predicted octanol–water partition coefficient (Wildman–Crippen LogP) is 4.36. The molecule has 2 unspecified atom stereocenters. The molecular formula is C21H27NO3. The molecule has 1 N–H and O–H groups in total. The molecule has 0 aliphatic heterocycles. The van der Waals surface area contributed by atoms with E-state index in [1.165, 1.54) is 0 Å². The third-order valence-electron chi connectivity index (χ3n) is 4.10. The first-order chi connectivity index (χ1) is 12.0. The van der Waals surface area contributed by atoms with Gasteiger partial charge in [-0.05, 0) is 44.0 Å². The van der Waals surface area contributed by atoms with Gasteiger partial charge in [0, 0.05) is 11.6 Å². The molecule has 134 valence electrons. The molecule has 0 aliphatic carbocycles. The third kappa shape index (κ3) is 5.24. The molecule has 4 nitrogen and oxygen atoms in total. The van der Waals surface area contributed by atoms with Crippen LogP contribution in [0.1, 0.15) is 25.0 Å². The summed E-state index contributed by atoms with van der Waals surface area (Å²) in [7, 11) is 0. The lowest BCUT2D eigenvalue weighted by molar-refractivity contribution is -0.145. The van der Waals surface area contributed by atoms with Gasteiger partial charge in [0.1, 0.15) is 11.8 Å². The lowest BCUT2D eigenvalue weighted by Gasteiger charge is -2.25. The Balaban J connectivity index is 2.09. The van der Waals surface area contributed by atoms with Crippen molar-refractivity contribution in [3.63, 3.8) is 0 Å². The van der Waals surface area contributed by atoms with Gasteiger partial charge in [0.25, 0.3) is 0 Å². The zero-order chi connectivity index (χ0) is 18.2. The highest BCUT2D eigenvalue weighted by molar-refractivity contribution is 5.79. The Morgan fingerprint density at radius 3 is 2.28 bits per heavy atom. The van der Waals surface area contributed by atoms with Crippen LogP contribution in [0.15, 0.2) is 48.5 Å². The van der Waals surface area contributed by atoms with Crippen LogP contribution < -0.4 is 10.1 Å². The minimum atomic E-state index is -0.466.